The minimum Gasteiger partial charge on any atom is -0.565 e. The second-order valence-electron chi connectivity index (χ2n) is 7.36. The molecular formula is C27H32O3S. The predicted octanol–water partition coefficient (Wildman–Crippen LogP) is 6.57. The summed E-state index contributed by atoms with van der Waals surface area (Å²) in [6.45, 7) is 2.28. The van der Waals surface area contributed by atoms with E-state index in [1.165, 1.54) is 65.2 Å². The van der Waals surface area contributed by atoms with E-state index in [1.54, 1.807) is 0 Å². The minimum absolute atomic E-state index is 0.0341. The fourth-order valence-electron chi connectivity index (χ4n) is 3.42. The maximum Gasteiger partial charge on any atom is 0.249 e. The van der Waals surface area contributed by atoms with Crippen LogP contribution in [0.3, 0.4) is 0 Å². The largest absolute Gasteiger partial charge is 0.565 e. The SMILES string of the molecule is CCCCCCCCc1ccc([S+](c2ccccc2)c2ccccc2)cc1.O=C([O-])O. The van der Waals surface area contributed by atoms with Gasteiger partial charge >= 0.3 is 0 Å². The summed E-state index contributed by atoms with van der Waals surface area (Å²) in [6.07, 6.45) is 7.29. The molecule has 0 amide bonds. The van der Waals surface area contributed by atoms with Crippen molar-refractivity contribution in [3.8, 4) is 0 Å². The van der Waals surface area contributed by atoms with Gasteiger partial charge in [0.1, 0.15) is 0 Å². The Balaban J connectivity index is 0.000000785. The van der Waals surface area contributed by atoms with Gasteiger partial charge in [-0.3, -0.25) is 0 Å². The highest BCUT2D eigenvalue weighted by atomic mass is 32.2. The van der Waals surface area contributed by atoms with Crippen LogP contribution in [0.4, 0.5) is 4.79 Å². The first kappa shape index (κ1) is 24.5. The average molecular weight is 437 g/mol. The molecule has 0 aliphatic heterocycles. The molecule has 164 valence electrons. The van der Waals surface area contributed by atoms with E-state index in [9.17, 15) is 0 Å². The van der Waals surface area contributed by atoms with Crippen LogP contribution in [0.2, 0.25) is 0 Å². The molecule has 0 atom stereocenters. The van der Waals surface area contributed by atoms with E-state index in [0.717, 1.165) is 0 Å². The first-order chi connectivity index (χ1) is 15.1. The van der Waals surface area contributed by atoms with Crippen molar-refractivity contribution in [2.75, 3.05) is 0 Å². The van der Waals surface area contributed by atoms with Gasteiger partial charge < -0.3 is 15.0 Å². The lowest BCUT2D eigenvalue weighted by atomic mass is 10.1. The zero-order valence-corrected chi connectivity index (χ0v) is 19.0. The number of benzene rings is 3. The third-order valence-corrected chi connectivity index (χ3v) is 7.17. The number of rotatable bonds is 10. The normalized spacial score (nSPS) is 10.4. The first-order valence-electron chi connectivity index (χ1n) is 10.9. The van der Waals surface area contributed by atoms with Crippen LogP contribution in [0.5, 0.6) is 0 Å². The maximum atomic E-state index is 8.44. The number of hydrogen-bond acceptors (Lipinski definition) is 2. The summed E-state index contributed by atoms with van der Waals surface area (Å²) < 4.78 is 0. The van der Waals surface area contributed by atoms with Crippen LogP contribution in [0.25, 0.3) is 0 Å². The Labute approximate surface area is 189 Å². The van der Waals surface area contributed by atoms with Gasteiger partial charge in [-0.25, -0.2) is 0 Å². The maximum absolute atomic E-state index is 8.44. The van der Waals surface area contributed by atoms with Gasteiger partial charge in [-0.1, -0.05) is 87.6 Å². The first-order valence-corrected chi connectivity index (χ1v) is 12.2. The van der Waals surface area contributed by atoms with Crippen LogP contribution < -0.4 is 5.11 Å². The Kier molecular flexibility index (Phi) is 11.3. The molecule has 0 saturated carbocycles. The summed E-state index contributed by atoms with van der Waals surface area (Å²) in [4.78, 5) is 12.6. The fourth-order valence-corrected chi connectivity index (χ4v) is 5.51. The van der Waals surface area contributed by atoms with Crippen LogP contribution in [-0.2, 0) is 17.3 Å². The second kappa shape index (κ2) is 14.3. The standard InChI is InChI=1S/C26H31S.CH2O3/c1-2-3-4-5-6-9-14-23-19-21-26(22-20-23)27(24-15-10-7-11-16-24)25-17-12-8-13-18-25;2-1(3)4/h7-8,10-13,15-22H,2-6,9,14H2,1H3;(H2,2,3,4)/q+1;/p-1. The van der Waals surface area contributed by atoms with Gasteiger partial charge in [0, 0.05) is 0 Å². The van der Waals surface area contributed by atoms with Gasteiger partial charge in [0.15, 0.2) is 14.7 Å². The van der Waals surface area contributed by atoms with E-state index in [2.05, 4.69) is 91.9 Å². The topological polar surface area (TPSA) is 60.4 Å². The predicted molar refractivity (Wildman–Crippen MR) is 127 cm³/mol. The molecule has 3 rings (SSSR count). The van der Waals surface area contributed by atoms with E-state index in [0.29, 0.717) is 0 Å². The number of carboxylic acid groups (broad SMARTS) is 2. The summed E-state index contributed by atoms with van der Waals surface area (Å²) in [5.74, 6) is 0. The van der Waals surface area contributed by atoms with Crippen molar-refractivity contribution >= 4 is 17.1 Å². The second-order valence-corrected chi connectivity index (χ2v) is 9.39. The molecule has 3 aromatic rings. The molecule has 0 aromatic heterocycles. The van der Waals surface area contributed by atoms with E-state index >= 15 is 0 Å². The zero-order chi connectivity index (χ0) is 22.3. The van der Waals surface area contributed by atoms with Gasteiger partial charge in [-0.05, 0) is 54.8 Å². The molecule has 0 spiro atoms. The third kappa shape index (κ3) is 9.31. The number of carbonyl (C=O) groups is 1. The molecule has 0 fully saturated rings. The highest BCUT2D eigenvalue weighted by Gasteiger charge is 2.27. The summed E-state index contributed by atoms with van der Waals surface area (Å²) in [7, 11) is -0.0341. The van der Waals surface area contributed by atoms with Crippen LogP contribution in [-0.4, -0.2) is 11.3 Å². The lowest BCUT2D eigenvalue weighted by Gasteiger charge is -2.09. The Hall–Kier alpha value is -2.72. The molecule has 0 bridgehead atoms. The van der Waals surface area contributed by atoms with Gasteiger partial charge in [-0.15, -0.1) is 0 Å². The molecule has 3 aromatic carbocycles. The van der Waals surface area contributed by atoms with Gasteiger partial charge in [-0.2, -0.15) is 0 Å². The van der Waals surface area contributed by atoms with Crippen molar-refractivity contribution < 1.29 is 15.0 Å². The highest BCUT2D eigenvalue weighted by Crippen LogP contribution is 2.31. The Morgan fingerprint density at radius 3 is 1.61 bits per heavy atom. The molecule has 0 aliphatic carbocycles. The van der Waals surface area contributed by atoms with Crippen molar-refractivity contribution in [2.24, 2.45) is 0 Å². The van der Waals surface area contributed by atoms with Gasteiger partial charge in [0.2, 0.25) is 6.16 Å². The van der Waals surface area contributed by atoms with Gasteiger partial charge in [0.25, 0.3) is 0 Å². The monoisotopic (exact) mass is 436 g/mol. The minimum atomic E-state index is -2.08. The molecule has 0 radical (unpaired) electrons. The lowest BCUT2D eigenvalue weighted by molar-refractivity contribution is -0.275. The number of aryl methyl sites for hydroxylation is 1. The smallest absolute Gasteiger partial charge is 0.249 e. The molecule has 4 heteroatoms. The highest BCUT2D eigenvalue weighted by molar-refractivity contribution is 7.97. The van der Waals surface area contributed by atoms with Gasteiger partial charge in [0.05, 0.1) is 10.9 Å². The molecule has 31 heavy (non-hydrogen) atoms. The lowest BCUT2D eigenvalue weighted by Crippen LogP contribution is -2.17. The van der Waals surface area contributed by atoms with Crippen LogP contribution >= 0.6 is 0 Å². The van der Waals surface area contributed by atoms with Crippen LogP contribution in [0, 0.1) is 0 Å². The third-order valence-electron chi connectivity index (χ3n) is 4.94. The van der Waals surface area contributed by atoms with Crippen molar-refractivity contribution in [1.82, 2.24) is 0 Å². The van der Waals surface area contributed by atoms with E-state index < -0.39 is 6.16 Å². The molecule has 0 heterocycles. The van der Waals surface area contributed by atoms with Crippen molar-refractivity contribution in [3.63, 3.8) is 0 Å². The Bertz CT molecular complexity index is 821. The Morgan fingerprint density at radius 1 is 0.710 bits per heavy atom. The van der Waals surface area contributed by atoms with E-state index in [-0.39, 0.29) is 10.9 Å². The molecule has 0 saturated heterocycles. The average Bonchev–Trinajstić information content (AvgIpc) is 2.78. The van der Waals surface area contributed by atoms with Crippen LogP contribution in [0.1, 0.15) is 51.0 Å². The number of hydrogen-bond donors (Lipinski definition) is 1. The van der Waals surface area contributed by atoms with Crippen molar-refractivity contribution in [1.29, 1.82) is 0 Å². The molecule has 0 aliphatic rings. The summed E-state index contributed by atoms with van der Waals surface area (Å²) >= 11 is 0. The summed E-state index contributed by atoms with van der Waals surface area (Å²) in [5.41, 5.74) is 1.47. The summed E-state index contributed by atoms with van der Waals surface area (Å²) in [6, 6.07) is 31.1. The zero-order valence-electron chi connectivity index (χ0n) is 18.2. The van der Waals surface area contributed by atoms with Crippen molar-refractivity contribution in [2.45, 2.75) is 66.6 Å². The molecular weight excluding hydrogens is 404 g/mol. The molecule has 0 unspecified atom stereocenters. The summed E-state index contributed by atoms with van der Waals surface area (Å²) in [5, 5.41) is 15.3. The Morgan fingerprint density at radius 2 is 1.13 bits per heavy atom. The number of unbranched alkanes of at least 4 members (excludes halogenated alkanes) is 5. The van der Waals surface area contributed by atoms with E-state index in [1.807, 2.05) is 0 Å². The van der Waals surface area contributed by atoms with Crippen molar-refractivity contribution in [3.05, 3.63) is 90.5 Å². The molecule has 1 N–H and O–H groups in total. The molecule has 3 nitrogen and oxygen atoms in total. The fraction of sp³-hybridized carbons (Fsp3) is 0.296. The van der Waals surface area contributed by atoms with Crippen LogP contribution in [0.15, 0.2) is 99.6 Å². The van der Waals surface area contributed by atoms with E-state index in [4.69, 9.17) is 15.0 Å². The quantitative estimate of drug-likeness (QED) is 0.289.